The number of carbonyl (C=O) groups excluding carboxylic acids is 1. The second kappa shape index (κ2) is 17.6. The van der Waals surface area contributed by atoms with E-state index >= 15 is 0 Å². The van der Waals surface area contributed by atoms with Crippen molar-refractivity contribution in [2.45, 2.75) is 45.3 Å². The van der Waals surface area contributed by atoms with Crippen molar-refractivity contribution in [3.8, 4) is 17.6 Å². The van der Waals surface area contributed by atoms with Gasteiger partial charge in [0.2, 0.25) is 0 Å². The number of carbonyl (C=O) groups is 3. The highest BCUT2D eigenvalue weighted by atomic mass is 19.4. The third kappa shape index (κ3) is 11.2. The second-order valence-electron chi connectivity index (χ2n) is 10.7. The van der Waals surface area contributed by atoms with Gasteiger partial charge in [-0.05, 0) is 73.7 Å². The summed E-state index contributed by atoms with van der Waals surface area (Å²) < 4.78 is 53.4. The van der Waals surface area contributed by atoms with Crippen LogP contribution in [0.4, 0.5) is 24.5 Å². The third-order valence-corrected chi connectivity index (χ3v) is 6.89. The predicted molar refractivity (Wildman–Crippen MR) is 169 cm³/mol. The average Bonchev–Trinajstić information content (AvgIpc) is 3.48. The number of para-hydroxylation sites is 2. The fraction of sp³-hybridized carbons (Fsp3) is 0.353. The third-order valence-electron chi connectivity index (χ3n) is 6.89. The van der Waals surface area contributed by atoms with Gasteiger partial charge in [0.05, 0.1) is 23.4 Å². The van der Waals surface area contributed by atoms with Gasteiger partial charge in [0.25, 0.3) is 0 Å². The number of nitriles is 1. The summed E-state index contributed by atoms with van der Waals surface area (Å²) in [6.07, 6.45) is -2.24. The number of anilines is 2. The molecule has 3 aromatic carbocycles. The van der Waals surface area contributed by atoms with E-state index < -0.39 is 24.7 Å². The Hall–Kier alpha value is -5.29. The Morgan fingerprint density at radius 2 is 1.69 bits per heavy atom. The SMILES string of the molecule is CCCOC(=O)c1cccc(N2CCc3cc(C[C@@H](C)NCCOc4ccccc4OCC(F)(F)F)cc(C#N)c32)c1.O=C(O)C(=O)O. The van der Waals surface area contributed by atoms with Crippen LogP contribution < -0.4 is 19.7 Å². The molecular weight excluding hydrogens is 635 g/mol. The molecule has 0 amide bonds. The van der Waals surface area contributed by atoms with Crippen LogP contribution in [-0.2, 0) is 27.2 Å². The van der Waals surface area contributed by atoms with E-state index in [1.165, 1.54) is 6.07 Å². The van der Waals surface area contributed by atoms with Crippen molar-refractivity contribution in [2.24, 2.45) is 0 Å². The van der Waals surface area contributed by atoms with Crippen molar-refractivity contribution in [2.75, 3.05) is 37.8 Å². The molecule has 11 nitrogen and oxygen atoms in total. The lowest BCUT2D eigenvalue weighted by Crippen LogP contribution is -2.32. The summed E-state index contributed by atoms with van der Waals surface area (Å²) in [7, 11) is 0. The van der Waals surface area contributed by atoms with E-state index in [0.717, 1.165) is 35.3 Å². The minimum Gasteiger partial charge on any atom is -0.488 e. The molecule has 0 fully saturated rings. The molecule has 0 bridgehead atoms. The Kier molecular flexibility index (Phi) is 13.6. The molecule has 0 unspecified atom stereocenters. The number of esters is 1. The standard InChI is InChI=1S/C32H34F3N3O4.C2H2O4/c1-3-14-41-31(39)25-7-6-8-27(19-25)38-13-11-24-17-23(18-26(20-36)30(24)38)16-22(2)37-12-15-40-28-9-4-5-10-29(28)42-21-32(33,34)35;3-1(4)2(5)6/h4-10,17-19,22,37H,3,11-16,21H2,1-2H3;(H,3,4)(H,5,6)/t22-;/m1./s1. The van der Waals surface area contributed by atoms with Crippen molar-refractivity contribution in [1.29, 1.82) is 5.26 Å². The molecule has 1 heterocycles. The Morgan fingerprint density at radius 1 is 1.00 bits per heavy atom. The van der Waals surface area contributed by atoms with Crippen LogP contribution in [0.1, 0.15) is 47.3 Å². The largest absolute Gasteiger partial charge is 0.488 e. The minimum absolute atomic E-state index is 0.0437. The molecule has 0 spiro atoms. The summed E-state index contributed by atoms with van der Waals surface area (Å²) in [6, 6.07) is 20.0. The molecule has 0 saturated heterocycles. The number of hydrogen-bond donors (Lipinski definition) is 3. The van der Waals surface area contributed by atoms with Gasteiger partial charge in [0, 0.05) is 24.8 Å². The number of benzene rings is 3. The topological polar surface area (TPSA) is 158 Å². The number of nitrogens with one attached hydrogen (secondary N) is 1. The maximum absolute atomic E-state index is 12.5. The van der Waals surface area contributed by atoms with E-state index in [4.69, 9.17) is 34.0 Å². The molecule has 0 aromatic heterocycles. The van der Waals surface area contributed by atoms with Crippen molar-refractivity contribution in [1.82, 2.24) is 5.32 Å². The number of rotatable bonds is 13. The fourth-order valence-corrected chi connectivity index (χ4v) is 4.89. The molecule has 1 atom stereocenters. The van der Waals surface area contributed by atoms with Crippen LogP contribution >= 0.6 is 0 Å². The first-order chi connectivity index (χ1) is 22.8. The predicted octanol–water partition coefficient (Wildman–Crippen LogP) is 5.52. The van der Waals surface area contributed by atoms with Gasteiger partial charge in [-0.2, -0.15) is 18.4 Å². The molecule has 256 valence electrons. The van der Waals surface area contributed by atoms with Crippen molar-refractivity contribution in [3.63, 3.8) is 0 Å². The first-order valence-electron chi connectivity index (χ1n) is 15.0. The average molecular weight is 672 g/mol. The molecule has 1 aliphatic heterocycles. The number of nitrogens with zero attached hydrogens (tertiary/aromatic N) is 2. The summed E-state index contributed by atoms with van der Waals surface area (Å²) in [6.45, 7) is 4.35. The molecule has 14 heteroatoms. The summed E-state index contributed by atoms with van der Waals surface area (Å²) in [5, 5.41) is 28.1. The molecule has 3 N–H and O–H groups in total. The highest BCUT2D eigenvalue weighted by Crippen LogP contribution is 2.38. The lowest BCUT2D eigenvalue weighted by atomic mass is 9.99. The lowest BCUT2D eigenvalue weighted by molar-refractivity contribution is -0.159. The quantitative estimate of drug-likeness (QED) is 0.119. The minimum atomic E-state index is -4.43. The molecule has 48 heavy (non-hydrogen) atoms. The van der Waals surface area contributed by atoms with Gasteiger partial charge in [-0.15, -0.1) is 0 Å². The van der Waals surface area contributed by atoms with E-state index in [-0.39, 0.29) is 30.1 Å². The van der Waals surface area contributed by atoms with Crippen LogP contribution in [0.5, 0.6) is 11.5 Å². The number of carboxylic acids is 2. The Balaban J connectivity index is 0.000000952. The normalized spacial score (nSPS) is 12.5. The number of ether oxygens (including phenoxy) is 3. The Bertz CT molecular complexity index is 1610. The van der Waals surface area contributed by atoms with Crippen LogP contribution in [0.15, 0.2) is 60.7 Å². The number of fused-ring (bicyclic) bond motifs is 1. The second-order valence-corrected chi connectivity index (χ2v) is 10.7. The molecule has 3 aromatic rings. The van der Waals surface area contributed by atoms with Gasteiger partial charge in [-0.25, -0.2) is 14.4 Å². The Labute approximate surface area is 275 Å². The lowest BCUT2D eigenvalue weighted by Gasteiger charge is -2.22. The zero-order valence-electron chi connectivity index (χ0n) is 26.4. The summed E-state index contributed by atoms with van der Waals surface area (Å²) in [5.41, 5.74) is 4.85. The van der Waals surface area contributed by atoms with Crippen molar-refractivity contribution in [3.05, 3.63) is 82.9 Å². The van der Waals surface area contributed by atoms with Gasteiger partial charge in [-0.1, -0.05) is 31.2 Å². The number of alkyl halides is 3. The fourth-order valence-electron chi connectivity index (χ4n) is 4.89. The van der Waals surface area contributed by atoms with E-state index in [1.54, 1.807) is 30.3 Å². The van der Waals surface area contributed by atoms with Crippen LogP contribution in [0, 0.1) is 11.3 Å². The zero-order valence-corrected chi connectivity index (χ0v) is 26.4. The highest BCUT2D eigenvalue weighted by molar-refractivity contribution is 6.27. The van der Waals surface area contributed by atoms with E-state index in [0.29, 0.717) is 37.2 Å². The first kappa shape index (κ1) is 37.2. The smallest absolute Gasteiger partial charge is 0.422 e. The van der Waals surface area contributed by atoms with Gasteiger partial charge in [0.15, 0.2) is 18.1 Å². The number of halogens is 3. The summed E-state index contributed by atoms with van der Waals surface area (Å²) >= 11 is 0. The number of carboxylic acid groups (broad SMARTS) is 2. The van der Waals surface area contributed by atoms with Crippen LogP contribution in [0.2, 0.25) is 0 Å². The van der Waals surface area contributed by atoms with Crippen molar-refractivity contribution < 1.29 is 52.0 Å². The molecule has 4 rings (SSSR count). The van der Waals surface area contributed by atoms with Gasteiger partial charge in [0.1, 0.15) is 12.7 Å². The maximum Gasteiger partial charge on any atom is 0.422 e. The number of hydrogen-bond acceptors (Lipinski definition) is 9. The van der Waals surface area contributed by atoms with Crippen molar-refractivity contribution >= 4 is 29.3 Å². The summed E-state index contributed by atoms with van der Waals surface area (Å²) in [4.78, 5) is 32.6. The maximum atomic E-state index is 12.5. The zero-order chi connectivity index (χ0) is 35.3. The first-order valence-corrected chi connectivity index (χ1v) is 15.0. The van der Waals surface area contributed by atoms with E-state index in [1.807, 2.05) is 32.0 Å². The van der Waals surface area contributed by atoms with E-state index in [9.17, 15) is 23.2 Å². The molecular formula is C34H36F3N3O8. The van der Waals surface area contributed by atoms with E-state index in [2.05, 4.69) is 22.4 Å². The highest BCUT2D eigenvalue weighted by Gasteiger charge is 2.29. The molecule has 0 saturated carbocycles. The van der Waals surface area contributed by atoms with Crippen LogP contribution in [0.25, 0.3) is 0 Å². The molecule has 0 aliphatic carbocycles. The van der Waals surface area contributed by atoms with Gasteiger partial charge in [-0.3, -0.25) is 0 Å². The van der Waals surface area contributed by atoms with Crippen LogP contribution in [0.3, 0.4) is 0 Å². The monoisotopic (exact) mass is 671 g/mol. The molecule has 1 aliphatic rings. The number of aliphatic carboxylic acids is 2. The van der Waals surface area contributed by atoms with Gasteiger partial charge < -0.3 is 34.6 Å². The van der Waals surface area contributed by atoms with Crippen LogP contribution in [-0.4, -0.2) is 73.2 Å². The Morgan fingerprint density at radius 3 is 2.31 bits per heavy atom. The van der Waals surface area contributed by atoms with Gasteiger partial charge >= 0.3 is 24.1 Å². The molecule has 0 radical (unpaired) electrons. The summed E-state index contributed by atoms with van der Waals surface area (Å²) in [5.74, 6) is -3.71.